The van der Waals surface area contributed by atoms with E-state index >= 15 is 0 Å². The number of aryl methyl sites for hydroxylation is 1. The first-order valence-corrected chi connectivity index (χ1v) is 5.97. The first-order chi connectivity index (χ1) is 7.63. The Bertz CT molecular complexity index is 509. The Kier molecular flexibility index (Phi) is 1.92. The maximum Gasteiger partial charge on any atom is 0.330 e. The lowest BCUT2D eigenvalue weighted by Crippen LogP contribution is -2.36. The summed E-state index contributed by atoms with van der Waals surface area (Å²) in [5.74, 6) is -0.466. The molecular weight excluding hydrogens is 224 g/mol. The SMILES string of the molecule is Cc1ccc2c(c1)SC1(CCOC1=O)C2=O. The minimum atomic E-state index is -0.976. The Morgan fingerprint density at radius 2 is 2.19 bits per heavy atom. The maximum atomic E-state index is 12.2. The van der Waals surface area contributed by atoms with Gasteiger partial charge < -0.3 is 4.74 Å². The van der Waals surface area contributed by atoms with Crippen LogP contribution in [0, 0.1) is 6.92 Å². The molecule has 1 aromatic rings. The fourth-order valence-corrected chi connectivity index (χ4v) is 3.58. The van der Waals surface area contributed by atoms with E-state index in [4.69, 9.17) is 4.74 Å². The van der Waals surface area contributed by atoms with Crippen molar-refractivity contribution in [1.29, 1.82) is 0 Å². The van der Waals surface area contributed by atoms with E-state index in [0.717, 1.165) is 10.5 Å². The zero-order chi connectivity index (χ0) is 11.3. The number of carbonyl (C=O) groups is 2. The van der Waals surface area contributed by atoms with Gasteiger partial charge in [0.2, 0.25) is 0 Å². The molecule has 0 bridgehead atoms. The predicted octanol–water partition coefficient (Wildman–Crippen LogP) is 1.97. The molecule has 0 N–H and O–H groups in total. The lowest BCUT2D eigenvalue weighted by Gasteiger charge is -2.13. The Balaban J connectivity index is 2.13. The van der Waals surface area contributed by atoms with E-state index in [9.17, 15) is 9.59 Å². The van der Waals surface area contributed by atoms with Crippen LogP contribution in [0.3, 0.4) is 0 Å². The quantitative estimate of drug-likeness (QED) is 0.508. The average Bonchev–Trinajstić information content (AvgIpc) is 2.72. The van der Waals surface area contributed by atoms with Crippen LogP contribution in [0.5, 0.6) is 0 Å². The summed E-state index contributed by atoms with van der Waals surface area (Å²) in [6.45, 7) is 2.33. The van der Waals surface area contributed by atoms with Crippen LogP contribution in [0.25, 0.3) is 0 Å². The molecule has 82 valence electrons. The van der Waals surface area contributed by atoms with Crippen molar-refractivity contribution in [3.05, 3.63) is 29.3 Å². The number of carbonyl (C=O) groups excluding carboxylic acids is 2. The number of benzene rings is 1. The highest BCUT2D eigenvalue weighted by Gasteiger charge is 2.56. The molecule has 1 unspecified atom stereocenters. The molecule has 1 atom stereocenters. The second-order valence-electron chi connectivity index (χ2n) is 4.14. The number of ketones is 1. The van der Waals surface area contributed by atoms with Gasteiger partial charge in [-0.3, -0.25) is 9.59 Å². The normalized spacial score (nSPS) is 27.3. The van der Waals surface area contributed by atoms with Crippen LogP contribution in [0.4, 0.5) is 0 Å². The lowest BCUT2D eigenvalue weighted by molar-refractivity contribution is -0.138. The summed E-state index contributed by atoms with van der Waals surface area (Å²) in [6, 6.07) is 5.66. The smallest absolute Gasteiger partial charge is 0.330 e. The highest BCUT2D eigenvalue weighted by Crippen LogP contribution is 2.50. The Labute approximate surface area is 97.2 Å². The number of hydrogen-bond acceptors (Lipinski definition) is 4. The lowest BCUT2D eigenvalue weighted by atomic mass is 9.95. The Morgan fingerprint density at radius 3 is 2.88 bits per heavy atom. The third-order valence-corrected chi connectivity index (χ3v) is 4.51. The van der Waals surface area contributed by atoms with Crippen molar-refractivity contribution < 1.29 is 14.3 Å². The molecule has 4 heteroatoms. The molecule has 2 heterocycles. The zero-order valence-electron chi connectivity index (χ0n) is 8.78. The average molecular weight is 234 g/mol. The van der Waals surface area contributed by atoms with E-state index in [1.54, 1.807) is 6.07 Å². The molecule has 0 aromatic heterocycles. The molecule has 2 aliphatic rings. The molecule has 0 aliphatic carbocycles. The van der Waals surface area contributed by atoms with Crippen LogP contribution in [-0.2, 0) is 9.53 Å². The third-order valence-electron chi connectivity index (χ3n) is 3.05. The van der Waals surface area contributed by atoms with Crippen LogP contribution in [0.15, 0.2) is 23.1 Å². The van der Waals surface area contributed by atoms with Gasteiger partial charge >= 0.3 is 5.97 Å². The van der Waals surface area contributed by atoms with Gasteiger partial charge in [-0.05, 0) is 24.6 Å². The molecule has 0 radical (unpaired) electrons. The van der Waals surface area contributed by atoms with Gasteiger partial charge in [-0.15, -0.1) is 0 Å². The molecule has 0 amide bonds. The van der Waals surface area contributed by atoms with Crippen molar-refractivity contribution in [2.45, 2.75) is 23.0 Å². The summed E-state index contributed by atoms with van der Waals surface area (Å²) in [4.78, 5) is 24.8. The maximum absolute atomic E-state index is 12.2. The van der Waals surface area contributed by atoms with Crippen LogP contribution >= 0.6 is 11.8 Å². The molecule has 3 rings (SSSR count). The molecule has 2 aliphatic heterocycles. The molecule has 1 spiro atoms. The number of hydrogen-bond donors (Lipinski definition) is 0. The standard InChI is InChI=1S/C12H10O3S/c1-7-2-3-8-9(6-7)16-12(10(8)13)4-5-15-11(12)14/h2-3,6H,4-5H2,1H3. The fourth-order valence-electron chi connectivity index (χ4n) is 2.16. The second-order valence-corrected chi connectivity index (χ2v) is 5.48. The summed E-state index contributed by atoms with van der Waals surface area (Å²) < 4.78 is 3.97. The van der Waals surface area contributed by atoms with Crippen molar-refractivity contribution in [2.24, 2.45) is 0 Å². The molecular formula is C12H10O3S. The number of fused-ring (bicyclic) bond motifs is 1. The predicted molar refractivity (Wildman–Crippen MR) is 59.7 cm³/mol. The number of ether oxygens (including phenoxy) is 1. The largest absolute Gasteiger partial charge is 0.464 e. The van der Waals surface area contributed by atoms with Crippen LogP contribution in [0.1, 0.15) is 22.3 Å². The zero-order valence-corrected chi connectivity index (χ0v) is 9.60. The van der Waals surface area contributed by atoms with E-state index in [1.165, 1.54) is 11.8 Å². The van der Waals surface area contributed by atoms with Gasteiger partial charge in [-0.2, -0.15) is 0 Å². The molecule has 16 heavy (non-hydrogen) atoms. The number of Topliss-reactive ketones (excluding diaryl/α,β-unsaturated/α-hetero) is 1. The molecule has 3 nitrogen and oxygen atoms in total. The number of rotatable bonds is 0. The highest BCUT2D eigenvalue weighted by molar-refractivity contribution is 8.03. The fraction of sp³-hybridized carbons (Fsp3) is 0.333. The van der Waals surface area contributed by atoms with Gasteiger partial charge in [0.25, 0.3) is 0 Å². The topological polar surface area (TPSA) is 43.4 Å². The van der Waals surface area contributed by atoms with Crippen molar-refractivity contribution in [2.75, 3.05) is 6.61 Å². The van der Waals surface area contributed by atoms with Gasteiger partial charge in [-0.25, -0.2) is 0 Å². The molecule has 0 saturated carbocycles. The Morgan fingerprint density at radius 1 is 1.38 bits per heavy atom. The minimum absolute atomic E-state index is 0.0880. The monoisotopic (exact) mass is 234 g/mol. The summed E-state index contributed by atoms with van der Waals surface area (Å²) in [6.07, 6.45) is 0.489. The van der Waals surface area contributed by atoms with Crippen molar-refractivity contribution in [1.82, 2.24) is 0 Å². The van der Waals surface area contributed by atoms with Crippen LogP contribution < -0.4 is 0 Å². The number of cyclic esters (lactones) is 1. The van der Waals surface area contributed by atoms with Crippen molar-refractivity contribution in [3.8, 4) is 0 Å². The van der Waals surface area contributed by atoms with Crippen molar-refractivity contribution in [3.63, 3.8) is 0 Å². The summed E-state index contributed by atoms with van der Waals surface area (Å²) in [5.41, 5.74) is 1.76. The van der Waals surface area contributed by atoms with E-state index in [2.05, 4.69) is 0 Å². The van der Waals surface area contributed by atoms with Gasteiger partial charge in [0.15, 0.2) is 10.5 Å². The third kappa shape index (κ3) is 1.11. The highest BCUT2D eigenvalue weighted by atomic mass is 32.2. The molecule has 1 aromatic carbocycles. The summed E-state index contributed by atoms with van der Waals surface area (Å²) in [5, 5.41) is 0. The molecule has 1 saturated heterocycles. The van der Waals surface area contributed by atoms with E-state index in [1.807, 2.05) is 19.1 Å². The van der Waals surface area contributed by atoms with E-state index < -0.39 is 4.75 Å². The molecule has 1 fully saturated rings. The second kappa shape index (κ2) is 3.10. The van der Waals surface area contributed by atoms with Gasteiger partial charge in [-0.1, -0.05) is 17.8 Å². The Hall–Kier alpha value is -1.29. The van der Waals surface area contributed by atoms with Gasteiger partial charge in [0.05, 0.1) is 6.61 Å². The first kappa shape index (κ1) is 9.90. The van der Waals surface area contributed by atoms with Crippen LogP contribution in [0.2, 0.25) is 0 Å². The van der Waals surface area contributed by atoms with Gasteiger partial charge in [0.1, 0.15) is 0 Å². The van der Waals surface area contributed by atoms with E-state index in [0.29, 0.717) is 18.6 Å². The van der Waals surface area contributed by atoms with Crippen LogP contribution in [-0.4, -0.2) is 23.1 Å². The number of thioether (sulfide) groups is 1. The van der Waals surface area contributed by atoms with E-state index in [-0.39, 0.29) is 11.8 Å². The summed E-state index contributed by atoms with van der Waals surface area (Å²) >= 11 is 1.35. The first-order valence-electron chi connectivity index (χ1n) is 5.15. The summed E-state index contributed by atoms with van der Waals surface area (Å²) in [7, 11) is 0. The minimum Gasteiger partial charge on any atom is -0.464 e. The van der Waals surface area contributed by atoms with Gasteiger partial charge in [0, 0.05) is 16.9 Å². The van der Waals surface area contributed by atoms with Crippen molar-refractivity contribution >= 4 is 23.5 Å². The number of esters is 1.